The highest BCUT2D eigenvalue weighted by Crippen LogP contribution is 2.65. The molecule has 0 radical (unpaired) electrons. The number of nitrogens with one attached hydrogen (secondary N) is 1. The van der Waals surface area contributed by atoms with Crippen LogP contribution in [0.3, 0.4) is 0 Å². The molecule has 1 N–H and O–H groups in total. The van der Waals surface area contributed by atoms with Crippen molar-refractivity contribution in [1.82, 2.24) is 5.32 Å². The van der Waals surface area contributed by atoms with Gasteiger partial charge in [0.1, 0.15) is 0 Å². The lowest BCUT2D eigenvalue weighted by molar-refractivity contribution is -0.160. The van der Waals surface area contributed by atoms with Crippen LogP contribution in [0.15, 0.2) is 0 Å². The third-order valence-electron chi connectivity index (χ3n) is 5.66. The van der Waals surface area contributed by atoms with Crippen LogP contribution < -0.4 is 5.32 Å². The summed E-state index contributed by atoms with van der Waals surface area (Å²) in [6.07, 6.45) is 7.02. The molecule has 4 fully saturated rings. The molecule has 4 saturated carbocycles. The van der Waals surface area contributed by atoms with Crippen molar-refractivity contribution in [2.45, 2.75) is 69.2 Å². The molecule has 0 unspecified atom stereocenters. The zero-order valence-corrected chi connectivity index (χ0v) is 15.1. The molecule has 4 nitrogen and oxygen atoms in total. The van der Waals surface area contributed by atoms with Crippen LogP contribution in [0.5, 0.6) is 0 Å². The molecule has 0 heterocycles. The van der Waals surface area contributed by atoms with Gasteiger partial charge in [0.05, 0.1) is 6.42 Å². The Morgan fingerprint density at radius 1 is 1.27 bits per heavy atom. The molecular formula is C17H26BrNO3. The molecule has 4 bridgehead atoms. The van der Waals surface area contributed by atoms with Gasteiger partial charge in [-0.3, -0.25) is 9.59 Å². The van der Waals surface area contributed by atoms with Crippen molar-refractivity contribution in [2.75, 3.05) is 6.54 Å². The lowest BCUT2D eigenvalue weighted by atomic mass is 9.49. The average molecular weight is 372 g/mol. The van der Waals surface area contributed by atoms with Gasteiger partial charge in [0.15, 0.2) is 6.10 Å². The molecule has 3 atom stereocenters. The molecule has 0 aromatic carbocycles. The Bertz CT molecular complexity index is 465. The molecule has 124 valence electrons. The number of hydrogen-bond acceptors (Lipinski definition) is 3. The smallest absolute Gasteiger partial charge is 0.307 e. The molecule has 1 amide bonds. The second-order valence-electron chi connectivity index (χ2n) is 7.82. The highest BCUT2D eigenvalue weighted by molar-refractivity contribution is 9.10. The molecule has 4 aliphatic carbocycles. The first kappa shape index (κ1) is 16.3. The van der Waals surface area contributed by atoms with E-state index < -0.39 is 6.10 Å². The number of halogens is 1. The Kier molecular flexibility index (Phi) is 4.30. The number of esters is 1. The third-order valence-corrected chi connectivity index (χ3v) is 6.59. The lowest BCUT2D eigenvalue weighted by Crippen LogP contribution is -2.53. The van der Waals surface area contributed by atoms with Crippen LogP contribution in [-0.4, -0.2) is 28.8 Å². The first-order chi connectivity index (χ1) is 10.3. The number of amides is 1. The van der Waals surface area contributed by atoms with E-state index in [0.717, 1.165) is 31.1 Å². The van der Waals surface area contributed by atoms with Gasteiger partial charge in [-0.2, -0.15) is 0 Å². The van der Waals surface area contributed by atoms with Crippen molar-refractivity contribution in [3.05, 3.63) is 0 Å². The van der Waals surface area contributed by atoms with Crippen LogP contribution in [0.25, 0.3) is 0 Å². The van der Waals surface area contributed by atoms with E-state index in [1.807, 2.05) is 6.92 Å². The van der Waals surface area contributed by atoms with Crippen molar-refractivity contribution < 1.29 is 14.3 Å². The van der Waals surface area contributed by atoms with E-state index in [0.29, 0.717) is 13.0 Å². The van der Waals surface area contributed by atoms with E-state index in [1.165, 1.54) is 19.3 Å². The van der Waals surface area contributed by atoms with Gasteiger partial charge in [-0.15, -0.1) is 0 Å². The second-order valence-corrected chi connectivity index (χ2v) is 9.50. The molecule has 4 aliphatic rings. The Morgan fingerprint density at radius 2 is 1.91 bits per heavy atom. The first-order valence-electron chi connectivity index (χ1n) is 8.49. The van der Waals surface area contributed by atoms with Crippen molar-refractivity contribution in [3.63, 3.8) is 0 Å². The standard InChI is InChI=1S/C17H26BrNO3/c1-3-19-15(21)11(2)22-14(20)9-16-5-12-4-13(6-16)8-17(18,7-12)10-16/h11-13H,3-10H2,1-2H3,(H,19,21)/t11-,12-,13-,16?,17?/m0/s1. The normalized spacial score (nSPS) is 40.3. The van der Waals surface area contributed by atoms with Crippen molar-refractivity contribution >= 4 is 27.8 Å². The molecule has 22 heavy (non-hydrogen) atoms. The van der Waals surface area contributed by atoms with E-state index in [4.69, 9.17) is 4.74 Å². The fraction of sp³-hybridized carbons (Fsp3) is 0.882. The summed E-state index contributed by atoms with van der Waals surface area (Å²) in [5.74, 6) is 1.10. The van der Waals surface area contributed by atoms with E-state index in [-0.39, 0.29) is 21.6 Å². The zero-order chi connectivity index (χ0) is 16.0. The van der Waals surface area contributed by atoms with Crippen LogP contribution in [0.4, 0.5) is 0 Å². The molecule has 0 aromatic rings. The summed E-state index contributed by atoms with van der Waals surface area (Å²) >= 11 is 3.96. The van der Waals surface area contributed by atoms with Gasteiger partial charge < -0.3 is 10.1 Å². The van der Waals surface area contributed by atoms with Crippen LogP contribution in [0.1, 0.15) is 58.8 Å². The maximum atomic E-state index is 12.3. The number of rotatable bonds is 5. The molecule has 0 spiro atoms. The minimum absolute atomic E-state index is 0.103. The Morgan fingerprint density at radius 3 is 2.45 bits per heavy atom. The predicted octanol–water partition coefficient (Wildman–Crippen LogP) is 3.18. The highest BCUT2D eigenvalue weighted by Gasteiger charge is 2.57. The fourth-order valence-corrected chi connectivity index (χ4v) is 6.97. The summed E-state index contributed by atoms with van der Waals surface area (Å²) < 4.78 is 5.62. The predicted molar refractivity (Wildman–Crippen MR) is 87.6 cm³/mol. The Hall–Kier alpha value is -0.580. The molecule has 0 aliphatic heterocycles. The number of hydrogen-bond donors (Lipinski definition) is 1. The molecule has 0 aromatic heterocycles. The van der Waals surface area contributed by atoms with Gasteiger partial charge in [0.2, 0.25) is 0 Å². The van der Waals surface area contributed by atoms with Gasteiger partial charge in [0.25, 0.3) is 5.91 Å². The summed E-state index contributed by atoms with van der Waals surface area (Å²) in [7, 11) is 0. The summed E-state index contributed by atoms with van der Waals surface area (Å²) in [4.78, 5) is 24.0. The molecule has 4 rings (SSSR count). The minimum Gasteiger partial charge on any atom is -0.453 e. The van der Waals surface area contributed by atoms with Crippen LogP contribution in [0.2, 0.25) is 0 Å². The van der Waals surface area contributed by atoms with E-state index in [9.17, 15) is 9.59 Å². The Labute approximate surface area is 140 Å². The SMILES string of the molecule is CCNC(=O)[C@H](C)OC(=O)CC12C[C@@H]3C[C@H](CC(Br)(C3)C1)C2. The van der Waals surface area contributed by atoms with Crippen molar-refractivity contribution in [3.8, 4) is 0 Å². The maximum absolute atomic E-state index is 12.3. The maximum Gasteiger partial charge on any atom is 0.307 e. The molecule has 5 heteroatoms. The topological polar surface area (TPSA) is 55.4 Å². The summed E-state index contributed by atoms with van der Waals surface area (Å²) in [5.41, 5.74) is 0.103. The van der Waals surface area contributed by atoms with Gasteiger partial charge in [-0.25, -0.2) is 0 Å². The zero-order valence-electron chi connectivity index (χ0n) is 13.5. The monoisotopic (exact) mass is 371 g/mol. The minimum atomic E-state index is -0.695. The van der Waals surface area contributed by atoms with Crippen molar-refractivity contribution in [1.29, 1.82) is 0 Å². The summed E-state index contributed by atoms with van der Waals surface area (Å²) in [6, 6.07) is 0. The Balaban J connectivity index is 1.61. The van der Waals surface area contributed by atoms with Gasteiger partial charge in [-0.05, 0) is 69.6 Å². The highest BCUT2D eigenvalue weighted by atomic mass is 79.9. The fourth-order valence-electron chi connectivity index (χ4n) is 5.46. The van der Waals surface area contributed by atoms with Crippen LogP contribution in [0, 0.1) is 17.3 Å². The number of alkyl halides is 1. The number of ether oxygens (including phenoxy) is 1. The van der Waals surface area contributed by atoms with Gasteiger partial charge in [0, 0.05) is 10.9 Å². The first-order valence-corrected chi connectivity index (χ1v) is 9.28. The third kappa shape index (κ3) is 3.19. The van der Waals surface area contributed by atoms with Crippen LogP contribution >= 0.6 is 15.9 Å². The van der Waals surface area contributed by atoms with Gasteiger partial charge >= 0.3 is 5.97 Å². The second kappa shape index (κ2) is 5.81. The summed E-state index contributed by atoms with van der Waals surface area (Å²) in [6.45, 7) is 4.06. The summed E-state index contributed by atoms with van der Waals surface area (Å²) in [5, 5.41) is 2.69. The van der Waals surface area contributed by atoms with Gasteiger partial charge in [-0.1, -0.05) is 15.9 Å². The number of carbonyl (C=O) groups is 2. The van der Waals surface area contributed by atoms with Crippen molar-refractivity contribution in [2.24, 2.45) is 17.3 Å². The van der Waals surface area contributed by atoms with E-state index >= 15 is 0 Å². The van der Waals surface area contributed by atoms with E-state index in [1.54, 1.807) is 6.92 Å². The van der Waals surface area contributed by atoms with E-state index in [2.05, 4.69) is 21.2 Å². The largest absolute Gasteiger partial charge is 0.453 e. The quantitative estimate of drug-likeness (QED) is 0.596. The lowest BCUT2D eigenvalue weighted by Gasteiger charge is -2.60. The number of likely N-dealkylation sites (N-methyl/N-ethyl adjacent to an activating group) is 1. The average Bonchev–Trinajstić information content (AvgIpc) is 2.34. The molecule has 0 saturated heterocycles. The molecular weight excluding hydrogens is 346 g/mol. The van der Waals surface area contributed by atoms with Crippen LogP contribution in [-0.2, 0) is 14.3 Å². The number of carbonyl (C=O) groups excluding carboxylic acids is 2.